The molecular formula is C10H7FO4. The average molecular weight is 210 g/mol. The van der Waals surface area contributed by atoms with E-state index in [4.69, 9.17) is 14.3 Å². The Labute approximate surface area is 83.9 Å². The minimum atomic E-state index is -1.19. The van der Waals surface area contributed by atoms with Crippen molar-refractivity contribution in [1.82, 2.24) is 0 Å². The second-order valence-corrected chi connectivity index (χ2v) is 2.94. The number of carboxylic acids is 1. The maximum atomic E-state index is 13.2. The lowest BCUT2D eigenvalue weighted by Gasteiger charge is -1.99. The van der Waals surface area contributed by atoms with Crippen LogP contribution in [0.25, 0.3) is 11.0 Å². The first-order valence-corrected chi connectivity index (χ1v) is 4.12. The molecule has 0 atom stereocenters. The fourth-order valence-corrected chi connectivity index (χ4v) is 1.30. The van der Waals surface area contributed by atoms with Crippen molar-refractivity contribution in [1.29, 1.82) is 0 Å². The number of carboxylic acid groups (broad SMARTS) is 1. The zero-order valence-corrected chi connectivity index (χ0v) is 7.78. The summed E-state index contributed by atoms with van der Waals surface area (Å²) in [6.07, 6.45) is 0. The van der Waals surface area contributed by atoms with Gasteiger partial charge in [0.05, 0.1) is 7.11 Å². The molecule has 0 aliphatic carbocycles. The topological polar surface area (TPSA) is 59.7 Å². The number of methoxy groups -OCH3 is 1. The van der Waals surface area contributed by atoms with Gasteiger partial charge in [-0.25, -0.2) is 9.18 Å². The van der Waals surface area contributed by atoms with Gasteiger partial charge in [0, 0.05) is 11.5 Å². The third-order valence-corrected chi connectivity index (χ3v) is 2.00. The van der Waals surface area contributed by atoms with Gasteiger partial charge < -0.3 is 14.3 Å². The van der Waals surface area contributed by atoms with E-state index < -0.39 is 11.8 Å². The summed E-state index contributed by atoms with van der Waals surface area (Å²) in [5, 5.41) is 9.06. The number of rotatable bonds is 2. The smallest absolute Gasteiger partial charge is 0.371 e. The van der Waals surface area contributed by atoms with Gasteiger partial charge in [0.15, 0.2) is 11.6 Å². The molecule has 0 bridgehead atoms. The largest absolute Gasteiger partial charge is 0.494 e. The van der Waals surface area contributed by atoms with Gasteiger partial charge in [0.2, 0.25) is 5.76 Å². The Morgan fingerprint density at radius 1 is 1.47 bits per heavy atom. The standard InChI is InChI=1S/C10H7FO4/c1-14-8-4-7-5(2-6(8)11)3-9(15-7)10(12)13/h2-4H,1H3,(H,12,13). The van der Waals surface area contributed by atoms with Gasteiger partial charge >= 0.3 is 5.97 Å². The van der Waals surface area contributed by atoms with Crippen molar-refractivity contribution in [2.24, 2.45) is 0 Å². The van der Waals surface area contributed by atoms with Crippen LogP contribution >= 0.6 is 0 Å². The highest BCUT2D eigenvalue weighted by Gasteiger charge is 2.13. The Bertz CT molecular complexity index is 529. The van der Waals surface area contributed by atoms with E-state index in [-0.39, 0.29) is 17.1 Å². The molecule has 1 aromatic heterocycles. The van der Waals surface area contributed by atoms with Gasteiger partial charge in [0.25, 0.3) is 0 Å². The second-order valence-electron chi connectivity index (χ2n) is 2.94. The highest BCUT2D eigenvalue weighted by molar-refractivity contribution is 5.91. The van der Waals surface area contributed by atoms with Crippen LogP contribution < -0.4 is 4.74 Å². The Kier molecular flexibility index (Phi) is 2.07. The lowest BCUT2D eigenvalue weighted by molar-refractivity contribution is 0.0665. The third-order valence-electron chi connectivity index (χ3n) is 2.00. The van der Waals surface area contributed by atoms with E-state index >= 15 is 0 Å². The molecule has 0 saturated heterocycles. The number of halogens is 1. The molecule has 78 valence electrons. The summed E-state index contributed by atoms with van der Waals surface area (Å²) < 4.78 is 22.9. The number of hydrogen-bond acceptors (Lipinski definition) is 3. The van der Waals surface area contributed by atoms with Crippen LogP contribution in [0, 0.1) is 5.82 Å². The molecule has 0 aliphatic heterocycles. The molecule has 0 unspecified atom stereocenters. The SMILES string of the molecule is COc1cc2oc(C(=O)O)cc2cc1F. The van der Waals surface area contributed by atoms with Crippen LogP contribution in [-0.2, 0) is 0 Å². The predicted octanol–water partition coefficient (Wildman–Crippen LogP) is 2.28. The first-order valence-electron chi connectivity index (χ1n) is 4.12. The molecule has 0 saturated carbocycles. The first kappa shape index (κ1) is 9.51. The van der Waals surface area contributed by atoms with Crippen molar-refractivity contribution in [3.8, 4) is 5.75 Å². The number of hydrogen-bond donors (Lipinski definition) is 1. The summed E-state index contributed by atoms with van der Waals surface area (Å²) in [7, 11) is 1.32. The summed E-state index contributed by atoms with van der Waals surface area (Å²) in [5.74, 6) is -1.94. The van der Waals surface area contributed by atoms with Crippen molar-refractivity contribution in [2.75, 3.05) is 7.11 Å². The van der Waals surface area contributed by atoms with Gasteiger partial charge in [-0.2, -0.15) is 0 Å². The maximum absolute atomic E-state index is 13.2. The van der Waals surface area contributed by atoms with E-state index in [1.54, 1.807) is 0 Å². The molecule has 5 heteroatoms. The Hall–Kier alpha value is -2.04. The Morgan fingerprint density at radius 3 is 2.80 bits per heavy atom. The molecule has 15 heavy (non-hydrogen) atoms. The Morgan fingerprint density at radius 2 is 2.20 bits per heavy atom. The molecule has 0 spiro atoms. The van der Waals surface area contributed by atoms with Gasteiger partial charge in [-0.1, -0.05) is 0 Å². The zero-order chi connectivity index (χ0) is 11.0. The van der Waals surface area contributed by atoms with Gasteiger partial charge in [-0.3, -0.25) is 0 Å². The number of benzene rings is 1. The molecule has 2 rings (SSSR count). The molecule has 1 N–H and O–H groups in total. The molecular weight excluding hydrogens is 203 g/mol. The molecule has 0 fully saturated rings. The monoisotopic (exact) mass is 210 g/mol. The van der Waals surface area contributed by atoms with Gasteiger partial charge in [0.1, 0.15) is 5.58 Å². The first-order chi connectivity index (χ1) is 7.11. The summed E-state index contributed by atoms with van der Waals surface area (Å²) >= 11 is 0. The van der Waals surface area contributed by atoms with Crippen LogP contribution in [0.5, 0.6) is 5.75 Å². The highest BCUT2D eigenvalue weighted by atomic mass is 19.1. The predicted molar refractivity (Wildman–Crippen MR) is 49.7 cm³/mol. The minimum Gasteiger partial charge on any atom is -0.494 e. The molecule has 0 radical (unpaired) electrons. The fourth-order valence-electron chi connectivity index (χ4n) is 1.30. The number of aromatic carboxylic acids is 1. The van der Waals surface area contributed by atoms with E-state index in [0.717, 1.165) is 0 Å². The lowest BCUT2D eigenvalue weighted by Crippen LogP contribution is -1.91. The summed E-state index contributed by atoms with van der Waals surface area (Å²) in [4.78, 5) is 10.6. The van der Waals surface area contributed by atoms with Gasteiger partial charge in [-0.05, 0) is 12.1 Å². The quantitative estimate of drug-likeness (QED) is 0.825. The Balaban J connectivity index is 2.66. The normalized spacial score (nSPS) is 10.5. The zero-order valence-electron chi connectivity index (χ0n) is 7.78. The molecule has 0 amide bonds. The number of carbonyl (C=O) groups is 1. The van der Waals surface area contributed by atoms with Gasteiger partial charge in [-0.15, -0.1) is 0 Å². The summed E-state index contributed by atoms with van der Waals surface area (Å²) in [6, 6.07) is 3.75. The van der Waals surface area contributed by atoms with Crippen LogP contribution in [0.4, 0.5) is 4.39 Å². The van der Waals surface area contributed by atoms with E-state index in [0.29, 0.717) is 5.39 Å². The molecule has 0 aliphatic rings. The highest BCUT2D eigenvalue weighted by Crippen LogP contribution is 2.27. The molecule has 1 aromatic carbocycles. The molecule has 1 heterocycles. The van der Waals surface area contributed by atoms with Crippen molar-refractivity contribution in [3.05, 3.63) is 29.8 Å². The second kappa shape index (κ2) is 3.27. The van der Waals surface area contributed by atoms with E-state index in [9.17, 15) is 9.18 Å². The van der Waals surface area contributed by atoms with Crippen molar-refractivity contribution >= 4 is 16.9 Å². The lowest BCUT2D eigenvalue weighted by atomic mass is 10.2. The fraction of sp³-hybridized carbons (Fsp3) is 0.100. The number of fused-ring (bicyclic) bond motifs is 1. The number of furan rings is 1. The average Bonchev–Trinajstić information content (AvgIpc) is 2.59. The van der Waals surface area contributed by atoms with Crippen LogP contribution in [0.3, 0.4) is 0 Å². The van der Waals surface area contributed by atoms with Crippen LogP contribution in [-0.4, -0.2) is 18.2 Å². The van der Waals surface area contributed by atoms with E-state index in [2.05, 4.69) is 0 Å². The van der Waals surface area contributed by atoms with Crippen LogP contribution in [0.15, 0.2) is 22.6 Å². The molecule has 4 nitrogen and oxygen atoms in total. The maximum Gasteiger partial charge on any atom is 0.371 e. The van der Waals surface area contributed by atoms with Crippen LogP contribution in [0.1, 0.15) is 10.6 Å². The molecule has 2 aromatic rings. The van der Waals surface area contributed by atoms with Crippen molar-refractivity contribution < 1.29 is 23.4 Å². The van der Waals surface area contributed by atoms with E-state index in [1.165, 1.54) is 25.3 Å². The van der Waals surface area contributed by atoms with Crippen molar-refractivity contribution in [3.63, 3.8) is 0 Å². The van der Waals surface area contributed by atoms with Crippen LogP contribution in [0.2, 0.25) is 0 Å². The summed E-state index contributed by atoms with van der Waals surface area (Å²) in [5.41, 5.74) is 0.283. The van der Waals surface area contributed by atoms with E-state index in [1.807, 2.05) is 0 Å². The van der Waals surface area contributed by atoms with Crippen molar-refractivity contribution in [2.45, 2.75) is 0 Å². The third kappa shape index (κ3) is 1.52. The minimum absolute atomic E-state index is 0.0220. The summed E-state index contributed by atoms with van der Waals surface area (Å²) in [6.45, 7) is 0. The number of ether oxygens (including phenoxy) is 1.